The smallest absolute Gasteiger partial charge is 0.425 e. The Morgan fingerprint density at radius 2 is 1.63 bits per heavy atom. The maximum absolute atomic E-state index is 13.7. The van der Waals surface area contributed by atoms with Crippen LogP contribution in [0.5, 0.6) is 0 Å². The van der Waals surface area contributed by atoms with Gasteiger partial charge in [0.05, 0.1) is 36.9 Å². The Balaban J connectivity index is 1.13. The van der Waals surface area contributed by atoms with E-state index in [4.69, 9.17) is 9.72 Å². The number of ether oxygens (including phenoxy) is 1. The number of aromatic amines is 2. The molecule has 3 heterocycles. The van der Waals surface area contributed by atoms with Crippen molar-refractivity contribution in [2.24, 2.45) is 11.8 Å². The Bertz CT molecular complexity index is 2210. The minimum atomic E-state index is -0.678. The van der Waals surface area contributed by atoms with Crippen LogP contribution in [0.15, 0.2) is 61.4 Å². The number of benzene rings is 2. The third-order valence-corrected chi connectivity index (χ3v) is 11.2. The van der Waals surface area contributed by atoms with E-state index >= 15 is 0 Å². The number of aromatic nitrogens is 4. The molecule has 1 aliphatic heterocycles. The first-order valence-corrected chi connectivity index (χ1v) is 19.8. The van der Waals surface area contributed by atoms with Crippen molar-refractivity contribution >= 4 is 42.5 Å². The number of H-pyrrole nitrogens is 2. The number of allylic oxidation sites excluding steroid dienone is 1. The quantitative estimate of drug-likeness (QED) is 0.108. The van der Waals surface area contributed by atoms with E-state index in [0.717, 1.165) is 87.8 Å². The van der Waals surface area contributed by atoms with Crippen molar-refractivity contribution in [3.63, 3.8) is 0 Å². The van der Waals surface area contributed by atoms with Gasteiger partial charge < -0.3 is 24.9 Å². The van der Waals surface area contributed by atoms with Crippen molar-refractivity contribution in [2.75, 3.05) is 13.7 Å². The zero-order valence-corrected chi connectivity index (χ0v) is 33.5. The lowest BCUT2D eigenvalue weighted by molar-refractivity contribution is -0.142. The van der Waals surface area contributed by atoms with Gasteiger partial charge in [-0.2, -0.15) is 0 Å². The van der Waals surface area contributed by atoms with Gasteiger partial charge in [0, 0.05) is 24.4 Å². The molecule has 1 saturated heterocycles. The van der Waals surface area contributed by atoms with Gasteiger partial charge in [0.2, 0.25) is 18.2 Å². The van der Waals surface area contributed by atoms with E-state index in [1.165, 1.54) is 12.1 Å². The summed E-state index contributed by atoms with van der Waals surface area (Å²) in [6.07, 6.45) is 10.6. The predicted molar refractivity (Wildman–Crippen MR) is 220 cm³/mol. The van der Waals surface area contributed by atoms with Crippen LogP contribution in [0.4, 0.5) is 4.79 Å². The SMILES string of the molecule is C=C(/C=c1/ccc(-c2ccc(-c3cnc(C4CCCN4C(=O)C(NC=O)C(C)C)[nH]3)cc2)cc1=C)c1cnc([C@H]2CCCC[C@H]2C(=O)N(NC(=O)OC)C(C)C)[nH]1. The highest BCUT2D eigenvalue weighted by atomic mass is 16.5. The zero-order chi connectivity index (χ0) is 40.8. The number of nitrogens with zero attached hydrogens (tertiary/aromatic N) is 4. The molecule has 2 fully saturated rings. The molecule has 13 heteroatoms. The Kier molecular flexibility index (Phi) is 12.8. The third kappa shape index (κ3) is 9.03. The molecule has 2 aromatic heterocycles. The highest BCUT2D eigenvalue weighted by molar-refractivity contribution is 5.86. The van der Waals surface area contributed by atoms with Crippen LogP contribution in [0.3, 0.4) is 0 Å². The van der Waals surface area contributed by atoms with E-state index in [9.17, 15) is 19.2 Å². The molecule has 4 aromatic rings. The number of carbonyl (C=O) groups excluding carboxylic acids is 4. The Morgan fingerprint density at radius 1 is 0.930 bits per heavy atom. The maximum atomic E-state index is 13.7. The molecule has 4 N–H and O–H groups in total. The van der Waals surface area contributed by atoms with Crippen LogP contribution in [0.25, 0.3) is 40.6 Å². The average Bonchev–Trinajstić information content (AvgIpc) is 4.01. The number of hydrogen-bond donors (Lipinski definition) is 4. The van der Waals surface area contributed by atoms with Crippen molar-refractivity contribution in [3.05, 3.63) is 89.2 Å². The third-order valence-electron chi connectivity index (χ3n) is 11.2. The minimum Gasteiger partial charge on any atom is -0.452 e. The molecule has 0 spiro atoms. The lowest BCUT2D eigenvalue weighted by Gasteiger charge is -2.35. The lowest BCUT2D eigenvalue weighted by Crippen LogP contribution is -2.53. The molecule has 4 atom stereocenters. The van der Waals surface area contributed by atoms with Gasteiger partial charge in [0.25, 0.3) is 0 Å². The second kappa shape index (κ2) is 17.9. The van der Waals surface area contributed by atoms with Gasteiger partial charge in [0.15, 0.2) is 0 Å². The molecular weight excluding hydrogens is 721 g/mol. The van der Waals surface area contributed by atoms with Crippen molar-refractivity contribution in [2.45, 2.75) is 90.3 Å². The molecule has 57 heavy (non-hydrogen) atoms. The Hall–Kier alpha value is -5.98. The summed E-state index contributed by atoms with van der Waals surface area (Å²) >= 11 is 0. The fourth-order valence-corrected chi connectivity index (χ4v) is 8.01. The number of carbonyl (C=O) groups is 4. The number of amides is 4. The number of rotatable bonds is 12. The molecule has 0 radical (unpaired) electrons. The van der Waals surface area contributed by atoms with Crippen LogP contribution in [-0.4, -0.2) is 79.9 Å². The molecule has 4 amide bonds. The molecular formula is C44H54N8O5. The van der Waals surface area contributed by atoms with Crippen LogP contribution < -0.4 is 21.2 Å². The molecule has 1 aliphatic carbocycles. The number of methoxy groups -OCH3 is 1. The molecule has 13 nitrogen and oxygen atoms in total. The van der Waals surface area contributed by atoms with Gasteiger partial charge in [-0.3, -0.25) is 14.4 Å². The molecule has 0 bridgehead atoms. The van der Waals surface area contributed by atoms with E-state index in [1.807, 2.05) is 63.1 Å². The summed E-state index contributed by atoms with van der Waals surface area (Å²) in [6, 6.07) is 13.4. The monoisotopic (exact) mass is 774 g/mol. The number of imidazole rings is 2. The van der Waals surface area contributed by atoms with Crippen molar-refractivity contribution in [1.82, 2.24) is 40.6 Å². The van der Waals surface area contributed by atoms with Crippen LogP contribution >= 0.6 is 0 Å². The van der Waals surface area contributed by atoms with Gasteiger partial charge in [0.1, 0.15) is 17.7 Å². The first kappa shape index (κ1) is 40.7. The van der Waals surface area contributed by atoms with Crippen LogP contribution in [0.1, 0.15) is 95.5 Å². The van der Waals surface area contributed by atoms with Crippen molar-refractivity contribution in [1.29, 1.82) is 0 Å². The first-order chi connectivity index (χ1) is 27.4. The van der Waals surface area contributed by atoms with Gasteiger partial charge in [-0.25, -0.2) is 25.2 Å². The number of hydrazine groups is 1. The average molecular weight is 775 g/mol. The molecule has 2 aliphatic rings. The fraction of sp³-hybridized carbons (Fsp3) is 0.409. The largest absolute Gasteiger partial charge is 0.452 e. The number of likely N-dealkylation sites (tertiary alicyclic amines) is 1. The van der Waals surface area contributed by atoms with Gasteiger partial charge in [-0.1, -0.05) is 76.2 Å². The first-order valence-electron chi connectivity index (χ1n) is 19.8. The number of hydrogen-bond acceptors (Lipinski definition) is 7. The Labute approximate surface area is 333 Å². The lowest BCUT2D eigenvalue weighted by atomic mass is 9.78. The Morgan fingerprint density at radius 3 is 2.32 bits per heavy atom. The summed E-state index contributed by atoms with van der Waals surface area (Å²) in [5.41, 5.74) is 7.99. The van der Waals surface area contributed by atoms with E-state index < -0.39 is 12.1 Å². The van der Waals surface area contributed by atoms with E-state index in [2.05, 4.69) is 63.1 Å². The summed E-state index contributed by atoms with van der Waals surface area (Å²) in [5.74, 6) is 0.755. The highest BCUT2D eigenvalue weighted by Crippen LogP contribution is 2.38. The second-order valence-electron chi connectivity index (χ2n) is 15.6. The molecule has 6 rings (SSSR count). The van der Waals surface area contributed by atoms with Crippen molar-refractivity contribution < 1.29 is 23.9 Å². The summed E-state index contributed by atoms with van der Waals surface area (Å²) < 4.78 is 4.75. The van der Waals surface area contributed by atoms with E-state index in [0.29, 0.717) is 19.4 Å². The highest BCUT2D eigenvalue weighted by Gasteiger charge is 2.38. The predicted octanol–water partition coefficient (Wildman–Crippen LogP) is 5.59. The topological polar surface area (TPSA) is 165 Å². The van der Waals surface area contributed by atoms with Gasteiger partial charge in [-0.05, 0) is 90.3 Å². The van der Waals surface area contributed by atoms with Gasteiger partial charge in [-0.15, -0.1) is 0 Å². The zero-order valence-electron chi connectivity index (χ0n) is 33.5. The fourth-order valence-electron chi connectivity index (χ4n) is 8.01. The molecule has 2 unspecified atom stereocenters. The second-order valence-corrected chi connectivity index (χ2v) is 15.6. The molecule has 1 saturated carbocycles. The summed E-state index contributed by atoms with van der Waals surface area (Å²) in [6.45, 7) is 16.8. The molecule has 2 aromatic carbocycles. The van der Waals surface area contributed by atoms with Gasteiger partial charge >= 0.3 is 6.09 Å². The van der Waals surface area contributed by atoms with Crippen molar-refractivity contribution in [3.8, 4) is 22.4 Å². The summed E-state index contributed by atoms with van der Waals surface area (Å²) in [7, 11) is 1.28. The van der Waals surface area contributed by atoms with Crippen LogP contribution in [0.2, 0.25) is 0 Å². The normalized spacial score (nSPS) is 19.0. The summed E-state index contributed by atoms with van der Waals surface area (Å²) in [4.78, 5) is 68.3. The minimum absolute atomic E-state index is 0.0259. The van der Waals surface area contributed by atoms with E-state index in [1.54, 1.807) is 6.20 Å². The van der Waals surface area contributed by atoms with Crippen LogP contribution in [-0.2, 0) is 19.1 Å². The van der Waals surface area contributed by atoms with Crippen LogP contribution in [0, 0.1) is 11.8 Å². The maximum Gasteiger partial charge on any atom is 0.425 e. The summed E-state index contributed by atoms with van der Waals surface area (Å²) in [5, 5.41) is 5.83. The standard InChI is InChI=1S/C44H54N8O5/c1-26(2)39(47-25-53)43(55)51-20-10-13-38(51)41-46-24-37(49-41)31-16-14-30(15-17-31)33-19-18-32(28(5)21-33)22-29(6)36-23-45-40(48-36)34-11-8-9-12-35(34)42(54)52(27(3)4)50-44(56)57-7/h14-19,21-27,34-35,38-39H,5-6,8-13,20H2,1-4,7H3,(H,45,48)(H,46,49)(H,47,53)(H,50,56)/b32-22-/t34-,35+,38?,39?/m0/s1. The van der Waals surface area contributed by atoms with E-state index in [-0.39, 0.29) is 41.7 Å². The molecule has 300 valence electrons. The number of nitrogens with one attached hydrogen (secondary N) is 4.